The molecule has 1 aliphatic heterocycles. The molecule has 1 aliphatic rings. The number of rotatable bonds is 6. The zero-order valence-electron chi connectivity index (χ0n) is 19.8. The largest absolute Gasteiger partial charge is 0.374 e. The monoisotopic (exact) mass is 495 g/mol. The molecule has 2 aromatic heterocycles. The zero-order chi connectivity index (χ0) is 24.9. The van der Waals surface area contributed by atoms with Gasteiger partial charge >= 0.3 is 0 Å². The van der Waals surface area contributed by atoms with E-state index in [1.54, 1.807) is 31.3 Å². The van der Waals surface area contributed by atoms with Crippen molar-refractivity contribution in [2.45, 2.75) is 19.9 Å². The van der Waals surface area contributed by atoms with Gasteiger partial charge in [-0.15, -0.1) is 0 Å². The van der Waals surface area contributed by atoms with Gasteiger partial charge in [-0.05, 0) is 51.2 Å². The highest BCUT2D eigenvalue weighted by atomic mass is 35.5. The number of likely N-dealkylation sites (N-methyl/N-ethyl adjacent to an activating group) is 1. The highest BCUT2D eigenvalue weighted by Crippen LogP contribution is 2.28. The van der Waals surface area contributed by atoms with E-state index in [4.69, 9.17) is 11.6 Å². The third kappa shape index (κ3) is 6.32. The Morgan fingerprint density at radius 3 is 2.83 bits per heavy atom. The van der Waals surface area contributed by atoms with Crippen LogP contribution >= 0.6 is 11.6 Å². The predicted octanol–water partition coefficient (Wildman–Crippen LogP) is 4.47. The highest BCUT2D eigenvalue weighted by Gasteiger charge is 2.18. The van der Waals surface area contributed by atoms with E-state index >= 15 is 0 Å². The summed E-state index contributed by atoms with van der Waals surface area (Å²) in [5, 5.41) is 14.7. The van der Waals surface area contributed by atoms with Gasteiger partial charge in [0.15, 0.2) is 0 Å². The average Bonchev–Trinajstić information content (AvgIpc) is 2.83. The number of carbonyl (C=O) groups is 1. The van der Waals surface area contributed by atoms with Gasteiger partial charge in [-0.3, -0.25) is 4.79 Å². The summed E-state index contributed by atoms with van der Waals surface area (Å²) < 4.78 is 14.3. The molecule has 2 N–H and O–H groups in total. The van der Waals surface area contributed by atoms with Crippen LogP contribution in [0.1, 0.15) is 12.6 Å². The van der Waals surface area contributed by atoms with Crippen molar-refractivity contribution in [3.8, 4) is 11.3 Å². The number of aryl methyl sites for hydroxylation is 1. The van der Waals surface area contributed by atoms with E-state index in [-0.39, 0.29) is 11.5 Å². The number of hydrogen-bond donors (Lipinski definition) is 2. The Labute approximate surface area is 208 Å². The standard InChI is InChI=1S/C25H27ClFN7O/c1-16-15-34(11-10-33(16)3)9-7-25(35)30-24-13-19(6-8-28-24)29-22-14-23(32-31-17(22)2)20-12-18(26)4-5-21(20)27/h4-9,12-14,16H,10-11,15H2,1-3H3,(H2,28,29,30,32,35). The van der Waals surface area contributed by atoms with E-state index in [0.717, 1.165) is 19.6 Å². The molecular formula is C25H27ClFN7O. The molecule has 3 heterocycles. The summed E-state index contributed by atoms with van der Waals surface area (Å²) in [6.45, 7) is 6.66. The Kier molecular flexibility index (Phi) is 7.57. The molecular weight excluding hydrogens is 469 g/mol. The summed E-state index contributed by atoms with van der Waals surface area (Å²) in [7, 11) is 2.10. The Balaban J connectivity index is 1.44. The Morgan fingerprint density at radius 1 is 1.20 bits per heavy atom. The van der Waals surface area contributed by atoms with E-state index in [1.807, 2.05) is 6.20 Å². The van der Waals surface area contributed by atoms with Gasteiger partial charge < -0.3 is 20.4 Å². The number of nitrogens with zero attached hydrogens (tertiary/aromatic N) is 5. The van der Waals surface area contributed by atoms with Crippen molar-refractivity contribution in [2.75, 3.05) is 37.3 Å². The molecule has 1 atom stereocenters. The molecule has 0 aliphatic carbocycles. The number of pyridine rings is 1. The van der Waals surface area contributed by atoms with Crippen LogP contribution in [-0.2, 0) is 4.79 Å². The molecule has 10 heteroatoms. The second-order valence-electron chi connectivity index (χ2n) is 8.54. The third-order valence-corrected chi connectivity index (χ3v) is 6.14. The van der Waals surface area contributed by atoms with Crippen LogP contribution in [0.4, 0.5) is 21.6 Å². The van der Waals surface area contributed by atoms with Gasteiger partial charge in [-0.2, -0.15) is 10.2 Å². The molecule has 0 radical (unpaired) electrons. The fourth-order valence-corrected chi connectivity index (χ4v) is 3.86. The first-order valence-corrected chi connectivity index (χ1v) is 11.6. The molecule has 3 aromatic rings. The number of piperazine rings is 1. The lowest BCUT2D eigenvalue weighted by Crippen LogP contribution is -2.47. The van der Waals surface area contributed by atoms with Crippen molar-refractivity contribution in [1.29, 1.82) is 0 Å². The number of aromatic nitrogens is 3. The van der Waals surface area contributed by atoms with Crippen molar-refractivity contribution >= 4 is 34.7 Å². The quantitative estimate of drug-likeness (QED) is 0.488. The van der Waals surface area contributed by atoms with Gasteiger partial charge in [0.05, 0.1) is 17.1 Å². The maximum atomic E-state index is 14.3. The summed E-state index contributed by atoms with van der Waals surface area (Å²) in [6.07, 6.45) is 4.93. The number of anilines is 3. The number of carbonyl (C=O) groups excluding carboxylic acids is 1. The highest BCUT2D eigenvalue weighted by molar-refractivity contribution is 6.30. The van der Waals surface area contributed by atoms with E-state index < -0.39 is 5.82 Å². The molecule has 0 saturated carbocycles. The molecule has 8 nitrogen and oxygen atoms in total. The Hall–Kier alpha value is -3.56. The minimum atomic E-state index is -0.438. The summed E-state index contributed by atoms with van der Waals surface area (Å²) >= 11 is 6.02. The summed E-state index contributed by atoms with van der Waals surface area (Å²) in [6, 6.07) is 9.89. The topological polar surface area (TPSA) is 86.3 Å². The third-order valence-electron chi connectivity index (χ3n) is 5.90. The first kappa shape index (κ1) is 24.6. The van der Waals surface area contributed by atoms with E-state index in [2.05, 4.69) is 49.6 Å². The maximum Gasteiger partial charge on any atom is 0.250 e. The number of nitrogens with one attached hydrogen (secondary N) is 2. The van der Waals surface area contributed by atoms with Crippen LogP contribution in [0.15, 0.2) is 54.9 Å². The molecule has 0 bridgehead atoms. The normalized spacial score (nSPS) is 16.5. The predicted molar refractivity (Wildman–Crippen MR) is 136 cm³/mol. The molecule has 0 spiro atoms. The second-order valence-corrected chi connectivity index (χ2v) is 8.97. The summed E-state index contributed by atoms with van der Waals surface area (Å²) in [4.78, 5) is 21.1. The van der Waals surface area contributed by atoms with E-state index in [1.165, 1.54) is 24.3 Å². The molecule has 182 valence electrons. The van der Waals surface area contributed by atoms with Crippen molar-refractivity contribution in [1.82, 2.24) is 25.0 Å². The molecule has 1 amide bonds. The fraction of sp³-hybridized carbons (Fsp3) is 0.280. The Bertz CT molecular complexity index is 1250. The first-order valence-electron chi connectivity index (χ1n) is 11.2. The minimum absolute atomic E-state index is 0.261. The van der Waals surface area contributed by atoms with Crippen molar-refractivity contribution in [3.63, 3.8) is 0 Å². The first-order chi connectivity index (χ1) is 16.8. The van der Waals surface area contributed by atoms with Crippen LogP contribution in [0.3, 0.4) is 0 Å². The van der Waals surface area contributed by atoms with Gasteiger partial charge in [0.2, 0.25) is 0 Å². The van der Waals surface area contributed by atoms with Crippen molar-refractivity contribution in [2.24, 2.45) is 0 Å². The zero-order valence-corrected chi connectivity index (χ0v) is 20.6. The molecule has 1 fully saturated rings. The van der Waals surface area contributed by atoms with Crippen LogP contribution < -0.4 is 10.6 Å². The Morgan fingerprint density at radius 2 is 2.03 bits per heavy atom. The van der Waals surface area contributed by atoms with Gasteiger partial charge in [0.25, 0.3) is 5.91 Å². The smallest absolute Gasteiger partial charge is 0.250 e. The SMILES string of the molecule is Cc1nnc(-c2cc(Cl)ccc2F)cc1Nc1ccnc(NC(=O)C=CN2CCN(C)C(C)C2)c1. The fourth-order valence-electron chi connectivity index (χ4n) is 3.69. The van der Waals surface area contributed by atoms with Crippen molar-refractivity contribution < 1.29 is 9.18 Å². The lowest BCUT2D eigenvalue weighted by atomic mass is 10.1. The molecule has 4 rings (SSSR count). The van der Waals surface area contributed by atoms with E-state index in [0.29, 0.717) is 39.6 Å². The minimum Gasteiger partial charge on any atom is -0.374 e. The number of amides is 1. The van der Waals surface area contributed by atoms with Crippen LogP contribution in [-0.4, -0.2) is 63.6 Å². The second kappa shape index (κ2) is 10.8. The van der Waals surface area contributed by atoms with Crippen LogP contribution in [0, 0.1) is 12.7 Å². The van der Waals surface area contributed by atoms with Crippen LogP contribution in [0.25, 0.3) is 11.3 Å². The van der Waals surface area contributed by atoms with E-state index in [9.17, 15) is 9.18 Å². The van der Waals surface area contributed by atoms with Crippen LogP contribution in [0.2, 0.25) is 5.02 Å². The van der Waals surface area contributed by atoms with Gasteiger partial charge in [-0.25, -0.2) is 9.37 Å². The number of benzene rings is 1. The van der Waals surface area contributed by atoms with Gasteiger partial charge in [0, 0.05) is 66.5 Å². The van der Waals surface area contributed by atoms with Gasteiger partial charge in [0.1, 0.15) is 11.6 Å². The van der Waals surface area contributed by atoms with Gasteiger partial charge in [-0.1, -0.05) is 11.6 Å². The lowest BCUT2D eigenvalue weighted by Gasteiger charge is -2.37. The molecule has 35 heavy (non-hydrogen) atoms. The number of hydrogen-bond acceptors (Lipinski definition) is 7. The van der Waals surface area contributed by atoms with Crippen LogP contribution in [0.5, 0.6) is 0 Å². The maximum absolute atomic E-state index is 14.3. The summed E-state index contributed by atoms with van der Waals surface area (Å²) in [5.74, 6) is -0.301. The summed E-state index contributed by atoms with van der Waals surface area (Å²) in [5.41, 5.74) is 2.56. The molecule has 1 unspecified atom stereocenters. The number of halogens is 2. The molecule has 1 saturated heterocycles. The lowest BCUT2D eigenvalue weighted by molar-refractivity contribution is -0.112. The molecule has 1 aromatic carbocycles. The average molecular weight is 496 g/mol. The van der Waals surface area contributed by atoms with Crippen molar-refractivity contribution in [3.05, 3.63) is 71.4 Å².